The van der Waals surface area contributed by atoms with Crippen LogP contribution in [0.1, 0.15) is 44.2 Å². The molecule has 1 rings (SSSR count). The number of halogens is 3. The first-order chi connectivity index (χ1) is 8.11. The highest BCUT2D eigenvalue weighted by molar-refractivity contribution is 5.23. The van der Waals surface area contributed by atoms with Crippen molar-refractivity contribution in [2.24, 2.45) is 0 Å². The maximum atomic E-state index is 13.6. The fourth-order valence-corrected chi connectivity index (χ4v) is 1.86. The summed E-state index contributed by atoms with van der Waals surface area (Å²) in [6.07, 6.45) is 3.76. The van der Waals surface area contributed by atoms with Crippen molar-refractivity contribution in [2.45, 2.75) is 38.6 Å². The molecule has 0 aliphatic rings. The Morgan fingerprint density at radius 2 is 1.82 bits per heavy atom. The molecule has 0 radical (unpaired) electrons. The predicted octanol–water partition coefficient (Wildman–Crippen LogP) is 3.94. The van der Waals surface area contributed by atoms with Crippen LogP contribution in [-0.4, -0.2) is 7.05 Å². The van der Waals surface area contributed by atoms with Gasteiger partial charge in [-0.15, -0.1) is 0 Å². The first-order valence-corrected chi connectivity index (χ1v) is 5.92. The van der Waals surface area contributed by atoms with Crippen molar-refractivity contribution < 1.29 is 13.2 Å². The van der Waals surface area contributed by atoms with E-state index in [1.165, 1.54) is 6.07 Å². The molecular weight excluding hydrogens is 227 g/mol. The van der Waals surface area contributed by atoms with Crippen molar-refractivity contribution in [3.8, 4) is 0 Å². The zero-order valence-corrected chi connectivity index (χ0v) is 10.2. The van der Waals surface area contributed by atoms with Crippen LogP contribution in [0, 0.1) is 17.5 Å². The van der Waals surface area contributed by atoms with Crippen molar-refractivity contribution in [2.75, 3.05) is 7.05 Å². The van der Waals surface area contributed by atoms with E-state index in [-0.39, 0.29) is 11.6 Å². The summed E-state index contributed by atoms with van der Waals surface area (Å²) in [4.78, 5) is 0. The molecule has 0 spiro atoms. The minimum Gasteiger partial charge on any atom is -0.313 e. The molecule has 0 aromatic heterocycles. The van der Waals surface area contributed by atoms with Crippen LogP contribution in [0.4, 0.5) is 13.2 Å². The average Bonchev–Trinajstić information content (AvgIpc) is 2.33. The molecule has 1 unspecified atom stereocenters. The molecule has 1 aromatic carbocycles. The normalized spacial score (nSPS) is 12.8. The van der Waals surface area contributed by atoms with Gasteiger partial charge in [0.05, 0.1) is 0 Å². The second-order valence-corrected chi connectivity index (χ2v) is 4.10. The smallest absolute Gasteiger partial charge is 0.194 e. The van der Waals surface area contributed by atoms with Gasteiger partial charge in [0, 0.05) is 11.6 Å². The standard InChI is InChI=1S/C13H18F3N/c1-3-4-5-6-11(17-2)9-7-8-10(14)13(16)12(9)15/h7-8,11,17H,3-6H2,1-2H3. The summed E-state index contributed by atoms with van der Waals surface area (Å²) < 4.78 is 39.5. The number of hydrogen-bond donors (Lipinski definition) is 1. The zero-order valence-electron chi connectivity index (χ0n) is 10.2. The van der Waals surface area contributed by atoms with Gasteiger partial charge in [-0.3, -0.25) is 0 Å². The molecule has 0 saturated heterocycles. The molecule has 0 bridgehead atoms. The molecule has 0 aliphatic carbocycles. The van der Waals surface area contributed by atoms with E-state index in [1.807, 2.05) is 0 Å². The molecule has 0 fully saturated rings. The maximum absolute atomic E-state index is 13.6. The van der Waals surface area contributed by atoms with Crippen LogP contribution < -0.4 is 5.32 Å². The van der Waals surface area contributed by atoms with Crippen molar-refractivity contribution >= 4 is 0 Å². The van der Waals surface area contributed by atoms with Gasteiger partial charge in [-0.2, -0.15) is 0 Å². The van der Waals surface area contributed by atoms with Crippen LogP contribution in [0.15, 0.2) is 12.1 Å². The lowest BCUT2D eigenvalue weighted by Gasteiger charge is -2.17. The van der Waals surface area contributed by atoms with Gasteiger partial charge in [-0.1, -0.05) is 32.3 Å². The summed E-state index contributed by atoms with van der Waals surface area (Å²) >= 11 is 0. The van der Waals surface area contributed by atoms with E-state index in [0.29, 0.717) is 6.42 Å². The van der Waals surface area contributed by atoms with E-state index in [0.717, 1.165) is 25.3 Å². The minimum absolute atomic E-state index is 0.197. The van der Waals surface area contributed by atoms with Gasteiger partial charge in [0.15, 0.2) is 17.5 Å². The van der Waals surface area contributed by atoms with Gasteiger partial charge in [0.1, 0.15) is 0 Å². The largest absolute Gasteiger partial charge is 0.313 e. The first kappa shape index (κ1) is 14.0. The van der Waals surface area contributed by atoms with E-state index >= 15 is 0 Å². The van der Waals surface area contributed by atoms with Crippen LogP contribution in [0.5, 0.6) is 0 Å². The van der Waals surface area contributed by atoms with Gasteiger partial charge in [-0.05, 0) is 19.5 Å². The van der Waals surface area contributed by atoms with Crippen molar-refractivity contribution in [3.05, 3.63) is 35.1 Å². The molecule has 1 aromatic rings. The number of rotatable bonds is 6. The lowest BCUT2D eigenvalue weighted by Crippen LogP contribution is -2.18. The number of benzene rings is 1. The highest BCUT2D eigenvalue weighted by Crippen LogP contribution is 2.25. The van der Waals surface area contributed by atoms with Crippen molar-refractivity contribution in [3.63, 3.8) is 0 Å². The molecule has 0 amide bonds. The van der Waals surface area contributed by atoms with Gasteiger partial charge < -0.3 is 5.32 Å². The average molecular weight is 245 g/mol. The lowest BCUT2D eigenvalue weighted by molar-refractivity contribution is 0.420. The third-order valence-electron chi connectivity index (χ3n) is 2.89. The SMILES string of the molecule is CCCCCC(NC)c1ccc(F)c(F)c1F. The monoisotopic (exact) mass is 245 g/mol. The fraction of sp³-hybridized carbons (Fsp3) is 0.538. The number of nitrogens with one attached hydrogen (secondary N) is 1. The molecule has 1 atom stereocenters. The Balaban J connectivity index is 2.85. The van der Waals surface area contributed by atoms with Gasteiger partial charge in [0.25, 0.3) is 0 Å². The third kappa shape index (κ3) is 3.46. The Morgan fingerprint density at radius 3 is 2.41 bits per heavy atom. The summed E-state index contributed by atoms with van der Waals surface area (Å²) in [5, 5.41) is 2.94. The van der Waals surface area contributed by atoms with Crippen LogP contribution in [0.3, 0.4) is 0 Å². The topological polar surface area (TPSA) is 12.0 Å². The van der Waals surface area contributed by atoms with E-state index < -0.39 is 17.5 Å². The van der Waals surface area contributed by atoms with E-state index in [9.17, 15) is 13.2 Å². The fourth-order valence-electron chi connectivity index (χ4n) is 1.86. The summed E-state index contributed by atoms with van der Waals surface area (Å²) in [5.41, 5.74) is 0.197. The molecule has 0 aliphatic heterocycles. The molecule has 17 heavy (non-hydrogen) atoms. The molecule has 0 heterocycles. The molecule has 0 saturated carbocycles. The quantitative estimate of drug-likeness (QED) is 0.591. The highest BCUT2D eigenvalue weighted by Gasteiger charge is 2.19. The van der Waals surface area contributed by atoms with E-state index in [1.54, 1.807) is 7.05 Å². The van der Waals surface area contributed by atoms with Crippen LogP contribution in [-0.2, 0) is 0 Å². The van der Waals surface area contributed by atoms with Crippen LogP contribution in [0.25, 0.3) is 0 Å². The Hall–Kier alpha value is -1.03. The Kier molecular flexibility index (Phi) is 5.48. The Morgan fingerprint density at radius 1 is 1.12 bits per heavy atom. The first-order valence-electron chi connectivity index (χ1n) is 5.92. The zero-order chi connectivity index (χ0) is 12.8. The summed E-state index contributed by atoms with van der Waals surface area (Å²) in [5.74, 6) is -3.62. The second kappa shape index (κ2) is 6.64. The summed E-state index contributed by atoms with van der Waals surface area (Å²) in [6, 6.07) is 2.01. The summed E-state index contributed by atoms with van der Waals surface area (Å²) in [7, 11) is 1.69. The number of unbranched alkanes of at least 4 members (excludes halogenated alkanes) is 2. The summed E-state index contributed by atoms with van der Waals surface area (Å²) in [6.45, 7) is 2.08. The van der Waals surface area contributed by atoms with Gasteiger partial charge >= 0.3 is 0 Å². The Bertz CT molecular complexity index is 366. The van der Waals surface area contributed by atoms with Gasteiger partial charge in [-0.25, -0.2) is 13.2 Å². The van der Waals surface area contributed by atoms with Gasteiger partial charge in [0.2, 0.25) is 0 Å². The third-order valence-corrected chi connectivity index (χ3v) is 2.89. The highest BCUT2D eigenvalue weighted by atomic mass is 19.2. The van der Waals surface area contributed by atoms with E-state index in [2.05, 4.69) is 12.2 Å². The number of hydrogen-bond acceptors (Lipinski definition) is 1. The minimum atomic E-state index is -1.39. The molecule has 4 heteroatoms. The molecular formula is C13H18F3N. The van der Waals surface area contributed by atoms with Crippen molar-refractivity contribution in [1.82, 2.24) is 5.32 Å². The van der Waals surface area contributed by atoms with E-state index in [4.69, 9.17) is 0 Å². The molecule has 96 valence electrons. The lowest BCUT2D eigenvalue weighted by atomic mass is 10.00. The molecule has 1 N–H and O–H groups in total. The molecule has 1 nitrogen and oxygen atoms in total. The predicted molar refractivity (Wildman–Crippen MR) is 62.3 cm³/mol. The van der Waals surface area contributed by atoms with Crippen LogP contribution in [0.2, 0.25) is 0 Å². The van der Waals surface area contributed by atoms with Crippen LogP contribution >= 0.6 is 0 Å². The second-order valence-electron chi connectivity index (χ2n) is 4.10. The Labute approximate surface area is 100 Å². The maximum Gasteiger partial charge on any atom is 0.194 e. The van der Waals surface area contributed by atoms with Crippen molar-refractivity contribution in [1.29, 1.82) is 0 Å².